The molecule has 0 radical (unpaired) electrons. The zero-order valence-corrected chi connectivity index (χ0v) is 20.6. The van der Waals surface area contributed by atoms with Crippen molar-refractivity contribution in [1.82, 2.24) is 9.97 Å². The van der Waals surface area contributed by atoms with E-state index in [1.165, 1.54) is 0 Å². The zero-order valence-electron chi connectivity index (χ0n) is 18.3. The van der Waals surface area contributed by atoms with Crippen LogP contribution in [0.5, 0.6) is 11.5 Å². The average molecular weight is 551 g/mol. The molecule has 178 valence electrons. The summed E-state index contributed by atoms with van der Waals surface area (Å²) in [6, 6.07) is 11.1. The minimum absolute atomic E-state index is 0.185. The number of benzene rings is 2. The summed E-state index contributed by atoms with van der Waals surface area (Å²) >= 11 is 9.74. The summed E-state index contributed by atoms with van der Waals surface area (Å²) in [4.78, 5) is 10.0. The highest BCUT2D eigenvalue weighted by molar-refractivity contribution is 9.10. The summed E-state index contributed by atoms with van der Waals surface area (Å²) in [7, 11) is 1.56. The third-order valence-corrected chi connectivity index (χ3v) is 5.95. The molecule has 0 unspecified atom stereocenters. The molecule has 0 amide bonds. The highest BCUT2D eigenvalue weighted by Crippen LogP contribution is 2.37. The Morgan fingerprint density at radius 1 is 1.29 bits per heavy atom. The Balaban J connectivity index is 1.45. The number of aromatic nitrogens is 2. The molecule has 2 heterocycles. The second-order valence-electron chi connectivity index (χ2n) is 7.25. The van der Waals surface area contributed by atoms with Crippen molar-refractivity contribution in [2.24, 2.45) is 5.10 Å². The number of hydrogen-bond acceptors (Lipinski definition) is 8. The SMILES string of the molecule is COc1cc(C=NNc2ncc(F)c(N3CCOCC3)n2)cc(Br)c1OCc1ccccc1Cl. The Labute approximate surface area is 209 Å². The van der Waals surface area contributed by atoms with Gasteiger partial charge in [0.1, 0.15) is 6.61 Å². The fourth-order valence-corrected chi connectivity index (χ4v) is 4.06. The maximum absolute atomic E-state index is 14.2. The van der Waals surface area contributed by atoms with Crippen molar-refractivity contribution in [2.75, 3.05) is 43.7 Å². The summed E-state index contributed by atoms with van der Waals surface area (Å²) < 4.78 is 31.6. The van der Waals surface area contributed by atoms with Crippen LogP contribution in [0.25, 0.3) is 0 Å². The fraction of sp³-hybridized carbons (Fsp3) is 0.261. The topological polar surface area (TPSA) is 81.1 Å². The molecule has 0 bridgehead atoms. The van der Waals surface area contributed by atoms with Gasteiger partial charge < -0.3 is 19.1 Å². The van der Waals surface area contributed by atoms with Gasteiger partial charge in [0.05, 0.1) is 37.2 Å². The number of hydrogen-bond donors (Lipinski definition) is 1. The van der Waals surface area contributed by atoms with E-state index in [4.69, 9.17) is 25.8 Å². The molecule has 1 N–H and O–H groups in total. The number of rotatable bonds is 8. The van der Waals surface area contributed by atoms with E-state index in [1.54, 1.807) is 19.4 Å². The van der Waals surface area contributed by atoms with Crippen LogP contribution in [0.3, 0.4) is 0 Å². The molecular weight excluding hydrogens is 529 g/mol. The summed E-state index contributed by atoms with van der Waals surface area (Å²) in [5, 5.41) is 4.81. The van der Waals surface area contributed by atoms with Crippen LogP contribution in [0, 0.1) is 5.82 Å². The number of nitrogens with zero attached hydrogens (tertiary/aromatic N) is 4. The lowest BCUT2D eigenvalue weighted by molar-refractivity contribution is 0.122. The standard InChI is InChI=1S/C23H22BrClFN5O3/c1-32-20-11-15(10-17(24)21(20)34-14-16-4-2-3-5-18(16)25)12-28-30-23-27-13-19(26)22(29-23)31-6-8-33-9-7-31/h2-5,10-13H,6-9,14H2,1H3,(H,27,29,30). The Bertz CT molecular complexity index is 1180. The molecule has 0 atom stereocenters. The summed E-state index contributed by atoms with van der Waals surface area (Å²) in [5.74, 6) is 0.989. The van der Waals surface area contributed by atoms with E-state index in [2.05, 4.69) is 36.4 Å². The van der Waals surface area contributed by atoms with Gasteiger partial charge in [-0.3, -0.25) is 0 Å². The van der Waals surface area contributed by atoms with Crippen LogP contribution in [0.1, 0.15) is 11.1 Å². The first kappa shape index (κ1) is 24.2. The van der Waals surface area contributed by atoms with E-state index in [9.17, 15) is 4.39 Å². The maximum atomic E-state index is 14.2. The summed E-state index contributed by atoms with van der Waals surface area (Å²) in [6.45, 7) is 2.47. The summed E-state index contributed by atoms with van der Waals surface area (Å²) in [5.41, 5.74) is 4.34. The molecule has 1 fully saturated rings. The lowest BCUT2D eigenvalue weighted by atomic mass is 10.2. The lowest BCUT2D eigenvalue weighted by Crippen LogP contribution is -2.37. The van der Waals surface area contributed by atoms with Gasteiger partial charge in [-0.15, -0.1) is 0 Å². The first-order valence-electron chi connectivity index (χ1n) is 10.4. The molecule has 1 aromatic heterocycles. The Morgan fingerprint density at radius 2 is 2.09 bits per heavy atom. The number of morpholine rings is 1. The molecule has 2 aromatic carbocycles. The van der Waals surface area contributed by atoms with E-state index in [0.29, 0.717) is 47.3 Å². The van der Waals surface area contributed by atoms with Crippen molar-refractivity contribution >= 4 is 45.5 Å². The molecule has 0 saturated carbocycles. The second kappa shape index (κ2) is 11.5. The number of hydrazone groups is 1. The van der Waals surface area contributed by atoms with Gasteiger partial charge >= 0.3 is 0 Å². The van der Waals surface area contributed by atoms with Gasteiger partial charge in [-0.05, 0) is 39.7 Å². The molecule has 1 aliphatic rings. The van der Waals surface area contributed by atoms with E-state index in [-0.39, 0.29) is 18.4 Å². The van der Waals surface area contributed by atoms with E-state index >= 15 is 0 Å². The molecule has 1 aliphatic heterocycles. The van der Waals surface area contributed by atoms with Crippen LogP contribution in [0.2, 0.25) is 5.02 Å². The minimum atomic E-state index is -0.488. The first-order valence-corrected chi connectivity index (χ1v) is 11.6. The first-order chi connectivity index (χ1) is 16.5. The zero-order chi connectivity index (χ0) is 23.9. The van der Waals surface area contributed by atoms with Crippen molar-refractivity contribution in [2.45, 2.75) is 6.61 Å². The van der Waals surface area contributed by atoms with E-state index < -0.39 is 5.82 Å². The van der Waals surface area contributed by atoms with Crippen molar-refractivity contribution in [1.29, 1.82) is 0 Å². The molecule has 0 spiro atoms. The van der Waals surface area contributed by atoms with Crippen molar-refractivity contribution in [3.05, 3.63) is 69.0 Å². The predicted molar refractivity (Wildman–Crippen MR) is 133 cm³/mol. The van der Waals surface area contributed by atoms with Crippen molar-refractivity contribution < 1.29 is 18.6 Å². The van der Waals surface area contributed by atoms with Gasteiger partial charge in [-0.1, -0.05) is 29.8 Å². The van der Waals surface area contributed by atoms with Crippen molar-refractivity contribution in [3.63, 3.8) is 0 Å². The third kappa shape index (κ3) is 5.94. The third-order valence-electron chi connectivity index (χ3n) is 5.00. The molecule has 11 heteroatoms. The number of halogens is 3. The number of anilines is 2. The van der Waals surface area contributed by atoms with Crippen LogP contribution in [0.4, 0.5) is 16.2 Å². The number of ether oxygens (including phenoxy) is 3. The quantitative estimate of drug-likeness (QED) is 0.316. The van der Waals surface area contributed by atoms with Gasteiger partial charge in [0.15, 0.2) is 23.1 Å². The summed E-state index contributed by atoms with van der Waals surface area (Å²) in [6.07, 6.45) is 2.70. The predicted octanol–water partition coefficient (Wildman–Crippen LogP) is 4.90. The molecule has 34 heavy (non-hydrogen) atoms. The molecule has 1 saturated heterocycles. The molecular formula is C23H22BrClFN5O3. The molecule has 3 aromatic rings. The van der Waals surface area contributed by atoms with Gasteiger partial charge in [-0.25, -0.2) is 14.8 Å². The largest absolute Gasteiger partial charge is 0.493 e. The van der Waals surface area contributed by atoms with E-state index in [1.807, 2.05) is 35.2 Å². The Morgan fingerprint density at radius 3 is 2.85 bits per heavy atom. The maximum Gasteiger partial charge on any atom is 0.245 e. The molecule has 0 aliphatic carbocycles. The van der Waals surface area contributed by atoms with Crippen LogP contribution in [-0.2, 0) is 11.3 Å². The average Bonchev–Trinajstić information content (AvgIpc) is 2.85. The van der Waals surface area contributed by atoms with Gasteiger partial charge in [0.25, 0.3) is 0 Å². The lowest BCUT2D eigenvalue weighted by Gasteiger charge is -2.27. The van der Waals surface area contributed by atoms with Crippen molar-refractivity contribution in [3.8, 4) is 11.5 Å². The minimum Gasteiger partial charge on any atom is -0.493 e. The Kier molecular flexibility index (Phi) is 8.15. The monoisotopic (exact) mass is 549 g/mol. The fourth-order valence-electron chi connectivity index (χ4n) is 3.29. The van der Waals surface area contributed by atoms with Crippen LogP contribution < -0.4 is 19.8 Å². The van der Waals surface area contributed by atoms with E-state index in [0.717, 1.165) is 17.3 Å². The normalized spacial score (nSPS) is 13.8. The number of methoxy groups -OCH3 is 1. The smallest absolute Gasteiger partial charge is 0.245 e. The second-order valence-corrected chi connectivity index (χ2v) is 8.51. The molecule has 4 rings (SSSR count). The van der Waals surface area contributed by atoms with Crippen LogP contribution in [-0.4, -0.2) is 49.6 Å². The van der Waals surface area contributed by atoms with Crippen LogP contribution >= 0.6 is 27.5 Å². The highest BCUT2D eigenvalue weighted by Gasteiger charge is 2.18. The van der Waals surface area contributed by atoms with Gasteiger partial charge in [0.2, 0.25) is 5.95 Å². The Hall–Kier alpha value is -2.95. The molecule has 8 nitrogen and oxygen atoms in total. The van der Waals surface area contributed by atoms with Gasteiger partial charge in [0, 0.05) is 23.7 Å². The van der Waals surface area contributed by atoms with Crippen LogP contribution in [0.15, 0.2) is 52.2 Å². The van der Waals surface area contributed by atoms with Gasteiger partial charge in [-0.2, -0.15) is 10.1 Å². The number of nitrogens with one attached hydrogen (secondary N) is 1. The highest BCUT2D eigenvalue weighted by atomic mass is 79.9.